The lowest BCUT2D eigenvalue weighted by Gasteiger charge is -2.31. The van der Waals surface area contributed by atoms with E-state index in [9.17, 15) is 8.78 Å². The van der Waals surface area contributed by atoms with Crippen LogP contribution in [0.1, 0.15) is 58.9 Å². The Balaban J connectivity index is 1.46. The number of rotatable bonds is 4. The summed E-state index contributed by atoms with van der Waals surface area (Å²) in [4.78, 5) is 8.96. The number of nitrogens with zero attached hydrogens (tertiary/aromatic N) is 4. The second-order valence-electron chi connectivity index (χ2n) is 9.82. The van der Waals surface area contributed by atoms with Crippen molar-refractivity contribution in [3.63, 3.8) is 0 Å². The van der Waals surface area contributed by atoms with E-state index in [4.69, 9.17) is 0 Å². The van der Waals surface area contributed by atoms with Crippen LogP contribution in [0.4, 0.5) is 24.8 Å². The van der Waals surface area contributed by atoms with Crippen molar-refractivity contribution in [1.82, 2.24) is 14.6 Å². The smallest absolute Gasteiger partial charge is 0.248 e. The first-order chi connectivity index (χ1) is 15.6. The highest BCUT2D eigenvalue weighted by Gasteiger charge is 2.41. The van der Waals surface area contributed by atoms with E-state index in [1.165, 1.54) is 6.07 Å². The van der Waals surface area contributed by atoms with Crippen LogP contribution in [0.5, 0.6) is 0 Å². The monoisotopic (exact) mass is 455 g/mol. The van der Waals surface area contributed by atoms with Gasteiger partial charge in [0.25, 0.3) is 0 Å². The van der Waals surface area contributed by atoms with Crippen LogP contribution in [0, 0.1) is 11.7 Å². The van der Waals surface area contributed by atoms with E-state index in [-0.39, 0.29) is 36.0 Å². The van der Waals surface area contributed by atoms with Crippen LogP contribution in [0.15, 0.2) is 35.6 Å². The molecule has 5 rings (SSSR count). The average molecular weight is 456 g/mol. The molecule has 1 saturated carbocycles. The molecule has 3 heterocycles. The Morgan fingerprint density at radius 2 is 1.91 bits per heavy atom. The van der Waals surface area contributed by atoms with Crippen LogP contribution in [-0.4, -0.2) is 32.3 Å². The lowest BCUT2D eigenvalue weighted by atomic mass is 9.71. The van der Waals surface area contributed by atoms with Crippen molar-refractivity contribution in [2.75, 3.05) is 5.32 Å². The maximum absolute atomic E-state index is 15.1. The molecule has 3 aromatic rings. The lowest BCUT2D eigenvalue weighted by molar-refractivity contribution is -0.0361. The first kappa shape index (κ1) is 21.9. The van der Waals surface area contributed by atoms with Gasteiger partial charge in [0.05, 0.1) is 11.7 Å². The molecular formula is C25H28F3N5. The molecule has 1 aromatic carbocycles. The molecule has 0 radical (unpaired) electrons. The largest absolute Gasteiger partial charge is 0.350 e. The quantitative estimate of drug-likeness (QED) is 0.486. The van der Waals surface area contributed by atoms with Crippen molar-refractivity contribution in [1.29, 1.82) is 0 Å². The minimum atomic E-state index is -2.57. The van der Waals surface area contributed by atoms with Gasteiger partial charge in [-0.1, -0.05) is 13.8 Å². The number of alkyl halides is 2. The van der Waals surface area contributed by atoms with Gasteiger partial charge >= 0.3 is 0 Å². The van der Waals surface area contributed by atoms with Crippen LogP contribution in [-0.2, 0) is 5.41 Å². The van der Waals surface area contributed by atoms with Crippen LogP contribution in [0.2, 0.25) is 0 Å². The van der Waals surface area contributed by atoms with E-state index in [1.54, 1.807) is 16.9 Å². The Bertz CT molecular complexity index is 1250. The second-order valence-corrected chi connectivity index (χ2v) is 9.82. The predicted molar refractivity (Wildman–Crippen MR) is 124 cm³/mol. The van der Waals surface area contributed by atoms with Gasteiger partial charge in [-0.3, -0.25) is 4.99 Å². The SMILES string of the molecule is CC1=Nc2c(F)cc(-c3ccn4nc(NC5CCC(F)(F)CC5)ncc34)cc2C1(C)C(C)C. The third-order valence-electron chi connectivity index (χ3n) is 7.59. The lowest BCUT2D eigenvalue weighted by Crippen LogP contribution is -2.33. The number of benzene rings is 1. The minimum Gasteiger partial charge on any atom is -0.350 e. The third kappa shape index (κ3) is 3.60. The molecule has 33 heavy (non-hydrogen) atoms. The molecule has 2 aromatic heterocycles. The maximum atomic E-state index is 15.1. The van der Waals surface area contributed by atoms with Crippen molar-refractivity contribution in [3.05, 3.63) is 42.0 Å². The fourth-order valence-electron chi connectivity index (χ4n) is 5.05. The summed E-state index contributed by atoms with van der Waals surface area (Å²) >= 11 is 0. The van der Waals surface area contributed by atoms with Gasteiger partial charge < -0.3 is 5.32 Å². The predicted octanol–water partition coefficient (Wildman–Crippen LogP) is 6.54. The number of anilines is 1. The van der Waals surface area contributed by atoms with Gasteiger partial charge in [-0.15, -0.1) is 5.10 Å². The molecule has 8 heteroatoms. The molecule has 1 fully saturated rings. The zero-order valence-corrected chi connectivity index (χ0v) is 19.3. The van der Waals surface area contributed by atoms with Crippen LogP contribution in [0.3, 0.4) is 0 Å². The Labute approximate surface area is 191 Å². The number of halogens is 3. The summed E-state index contributed by atoms with van der Waals surface area (Å²) in [5, 5.41) is 7.69. The molecule has 1 aliphatic heterocycles. The molecule has 1 atom stereocenters. The first-order valence-electron chi connectivity index (χ1n) is 11.5. The van der Waals surface area contributed by atoms with Crippen LogP contribution < -0.4 is 5.32 Å². The van der Waals surface area contributed by atoms with Gasteiger partial charge in [0.2, 0.25) is 11.9 Å². The molecule has 1 N–H and O–H groups in total. The number of hydrogen-bond donors (Lipinski definition) is 1. The second kappa shape index (κ2) is 7.57. The van der Waals surface area contributed by atoms with E-state index < -0.39 is 5.92 Å². The topological polar surface area (TPSA) is 54.6 Å². The van der Waals surface area contributed by atoms with Gasteiger partial charge in [-0.25, -0.2) is 22.7 Å². The van der Waals surface area contributed by atoms with E-state index in [0.29, 0.717) is 24.5 Å². The zero-order chi connectivity index (χ0) is 23.5. The summed E-state index contributed by atoms with van der Waals surface area (Å²) < 4.78 is 43.6. The zero-order valence-electron chi connectivity index (χ0n) is 19.3. The molecule has 0 spiro atoms. The number of nitrogens with one attached hydrogen (secondary N) is 1. The van der Waals surface area contributed by atoms with Crippen LogP contribution >= 0.6 is 0 Å². The molecule has 1 aliphatic carbocycles. The van der Waals surface area contributed by atoms with E-state index >= 15 is 4.39 Å². The normalized spacial score (nSPS) is 22.6. The number of aromatic nitrogens is 3. The van der Waals surface area contributed by atoms with E-state index in [0.717, 1.165) is 27.9 Å². The average Bonchev–Trinajstić information content (AvgIpc) is 3.29. The minimum absolute atomic E-state index is 0.0696. The van der Waals surface area contributed by atoms with Crippen molar-refractivity contribution >= 4 is 22.9 Å². The first-order valence-corrected chi connectivity index (χ1v) is 11.5. The van der Waals surface area contributed by atoms with Crippen molar-refractivity contribution in [2.45, 2.75) is 70.8 Å². The number of aliphatic imine (C=N–C) groups is 1. The van der Waals surface area contributed by atoms with E-state index in [2.05, 4.69) is 41.2 Å². The molecular weight excluding hydrogens is 427 g/mol. The van der Waals surface area contributed by atoms with Crippen molar-refractivity contribution in [2.24, 2.45) is 10.9 Å². The fourth-order valence-corrected chi connectivity index (χ4v) is 5.05. The summed E-state index contributed by atoms with van der Waals surface area (Å²) in [5.74, 6) is -2.24. The summed E-state index contributed by atoms with van der Waals surface area (Å²) in [6.45, 7) is 8.33. The van der Waals surface area contributed by atoms with Gasteiger partial charge in [-0.05, 0) is 61.9 Å². The highest BCUT2D eigenvalue weighted by Crippen LogP contribution is 2.47. The summed E-state index contributed by atoms with van der Waals surface area (Å²) in [5.41, 5.74) is 4.25. The van der Waals surface area contributed by atoms with Crippen LogP contribution in [0.25, 0.3) is 16.6 Å². The molecule has 0 bridgehead atoms. The number of fused-ring (bicyclic) bond motifs is 2. The fraction of sp³-hybridized carbons (Fsp3) is 0.480. The molecule has 0 saturated heterocycles. The summed E-state index contributed by atoms with van der Waals surface area (Å²) in [6, 6.07) is 5.37. The Hall–Kier alpha value is -2.90. The maximum Gasteiger partial charge on any atom is 0.248 e. The highest BCUT2D eigenvalue weighted by molar-refractivity contribution is 6.01. The highest BCUT2D eigenvalue weighted by atomic mass is 19.3. The van der Waals surface area contributed by atoms with E-state index in [1.807, 2.05) is 19.1 Å². The third-order valence-corrected chi connectivity index (χ3v) is 7.59. The molecule has 174 valence electrons. The Morgan fingerprint density at radius 3 is 2.61 bits per heavy atom. The summed E-state index contributed by atoms with van der Waals surface area (Å²) in [7, 11) is 0. The van der Waals surface area contributed by atoms with Gasteiger partial charge in [-0.2, -0.15) is 0 Å². The molecule has 2 aliphatic rings. The molecule has 0 amide bonds. The standard InChI is InChI=1S/C25H28F3N5/c1-14(2)24(4)15(3)30-22-19(24)11-16(12-20(22)26)18-7-10-33-21(18)13-29-23(32-33)31-17-5-8-25(27,28)9-6-17/h7,10-14,17H,5-6,8-9H2,1-4H3,(H,31,32). The van der Waals surface area contributed by atoms with Gasteiger partial charge in [0, 0.05) is 41.8 Å². The van der Waals surface area contributed by atoms with Crippen molar-refractivity contribution in [3.8, 4) is 11.1 Å². The summed E-state index contributed by atoms with van der Waals surface area (Å²) in [6.07, 6.45) is 4.02. The van der Waals surface area contributed by atoms with Gasteiger partial charge in [0.15, 0.2) is 0 Å². The number of hydrogen-bond acceptors (Lipinski definition) is 4. The Kier molecular flexibility index (Phi) is 5.03. The van der Waals surface area contributed by atoms with Gasteiger partial charge in [0.1, 0.15) is 11.5 Å². The Morgan fingerprint density at radius 1 is 1.18 bits per heavy atom. The molecule has 1 unspecified atom stereocenters. The van der Waals surface area contributed by atoms with Crippen molar-refractivity contribution < 1.29 is 13.2 Å². The molecule has 5 nitrogen and oxygen atoms in total.